The first kappa shape index (κ1) is 24.4. The number of amides is 1. The maximum Gasteiger partial charge on any atom is 0.255 e. The van der Waals surface area contributed by atoms with Gasteiger partial charge in [0.15, 0.2) is 0 Å². The van der Waals surface area contributed by atoms with Crippen molar-refractivity contribution in [2.75, 3.05) is 43.5 Å². The van der Waals surface area contributed by atoms with Gasteiger partial charge in [-0.1, -0.05) is 37.3 Å². The van der Waals surface area contributed by atoms with E-state index in [-0.39, 0.29) is 11.4 Å². The number of carbonyl (C=O) groups is 1. The van der Waals surface area contributed by atoms with Gasteiger partial charge in [-0.05, 0) is 85.7 Å². The molecule has 2 aliphatic rings. The number of piperazine rings is 1. The molecule has 1 N–H and O–H groups in total. The Balaban J connectivity index is 1.35. The average molecular weight is 484 g/mol. The summed E-state index contributed by atoms with van der Waals surface area (Å²) in [6.07, 6.45) is 4.80. The van der Waals surface area contributed by atoms with E-state index in [0.29, 0.717) is 5.56 Å². The second-order valence-corrected chi connectivity index (χ2v) is 10.3. The van der Waals surface area contributed by atoms with Crippen LogP contribution in [0.5, 0.6) is 5.75 Å². The van der Waals surface area contributed by atoms with Crippen LogP contribution in [0.15, 0.2) is 78.9 Å². The highest BCUT2D eigenvalue weighted by Crippen LogP contribution is 2.45. The molecule has 1 saturated carbocycles. The van der Waals surface area contributed by atoms with Crippen molar-refractivity contribution in [2.24, 2.45) is 5.92 Å². The maximum atomic E-state index is 12.9. The van der Waals surface area contributed by atoms with Crippen LogP contribution in [0.25, 0.3) is 0 Å². The minimum atomic E-state index is -0.0994. The van der Waals surface area contributed by atoms with Gasteiger partial charge in [0.05, 0.1) is 7.11 Å². The molecule has 36 heavy (non-hydrogen) atoms. The number of hydrogen-bond donors (Lipinski definition) is 1. The van der Waals surface area contributed by atoms with E-state index in [1.165, 1.54) is 24.1 Å². The minimum absolute atomic E-state index is 0.0239. The Morgan fingerprint density at radius 2 is 1.58 bits per heavy atom. The lowest BCUT2D eigenvalue weighted by Gasteiger charge is -2.51. The summed E-state index contributed by atoms with van der Waals surface area (Å²) >= 11 is 0. The Morgan fingerprint density at radius 1 is 0.889 bits per heavy atom. The van der Waals surface area contributed by atoms with Crippen LogP contribution in [0.3, 0.4) is 0 Å². The lowest BCUT2D eigenvalue weighted by atomic mass is 9.71. The number of benzene rings is 3. The molecule has 5 nitrogen and oxygen atoms in total. The van der Waals surface area contributed by atoms with Gasteiger partial charge >= 0.3 is 0 Å². The number of hydrogen-bond acceptors (Lipinski definition) is 4. The molecule has 0 radical (unpaired) electrons. The van der Waals surface area contributed by atoms with Gasteiger partial charge in [-0.15, -0.1) is 0 Å². The van der Waals surface area contributed by atoms with Gasteiger partial charge in [-0.3, -0.25) is 9.69 Å². The molecule has 1 amide bonds. The predicted octanol–water partition coefficient (Wildman–Crippen LogP) is 6.18. The van der Waals surface area contributed by atoms with Gasteiger partial charge in [-0.2, -0.15) is 0 Å². The summed E-state index contributed by atoms with van der Waals surface area (Å²) in [4.78, 5) is 18.2. The Hall–Kier alpha value is -3.31. The van der Waals surface area contributed by atoms with E-state index in [0.717, 1.165) is 56.4 Å². The van der Waals surface area contributed by atoms with Crippen LogP contribution in [0, 0.1) is 5.92 Å². The molecule has 1 aliphatic heterocycles. The van der Waals surface area contributed by atoms with Crippen molar-refractivity contribution >= 4 is 17.3 Å². The SMILES string of the molecule is COc1ccc(C(=O)Nc2cccc(C3(N4CCN(c5ccccc5)CC4)CCC(C)CC3)c2)cc1. The molecule has 1 saturated heterocycles. The largest absolute Gasteiger partial charge is 0.497 e. The van der Waals surface area contributed by atoms with E-state index in [1.54, 1.807) is 19.2 Å². The van der Waals surface area contributed by atoms with Crippen molar-refractivity contribution in [3.63, 3.8) is 0 Å². The second kappa shape index (κ2) is 10.8. The number of rotatable bonds is 6. The van der Waals surface area contributed by atoms with E-state index in [1.807, 2.05) is 18.2 Å². The first-order valence-corrected chi connectivity index (χ1v) is 13.2. The van der Waals surface area contributed by atoms with Crippen LogP contribution < -0.4 is 15.0 Å². The van der Waals surface area contributed by atoms with Crippen LogP contribution in [-0.4, -0.2) is 44.1 Å². The standard InChI is InChI=1S/C31H37N3O2/c1-24-15-17-31(18-16-24,34-21-19-33(20-22-34)28-9-4-3-5-10-28)26-7-6-8-27(23-26)32-30(35)25-11-13-29(36-2)14-12-25/h3-14,23-24H,15-22H2,1-2H3,(H,32,35). The summed E-state index contributed by atoms with van der Waals surface area (Å²) in [5, 5.41) is 3.13. The molecule has 2 fully saturated rings. The second-order valence-electron chi connectivity index (χ2n) is 10.3. The number of methoxy groups -OCH3 is 1. The minimum Gasteiger partial charge on any atom is -0.497 e. The van der Waals surface area contributed by atoms with Gasteiger partial charge < -0.3 is 15.0 Å². The fourth-order valence-electron chi connectivity index (χ4n) is 5.89. The molecule has 0 unspecified atom stereocenters. The molecule has 5 rings (SSSR count). The van der Waals surface area contributed by atoms with Crippen molar-refractivity contribution in [1.29, 1.82) is 0 Å². The van der Waals surface area contributed by atoms with E-state index in [4.69, 9.17) is 4.74 Å². The van der Waals surface area contributed by atoms with Gasteiger partial charge in [0, 0.05) is 48.7 Å². The van der Waals surface area contributed by atoms with Crippen molar-refractivity contribution < 1.29 is 9.53 Å². The van der Waals surface area contributed by atoms with E-state index in [2.05, 4.69) is 70.6 Å². The molecular formula is C31H37N3O2. The first-order valence-electron chi connectivity index (χ1n) is 13.2. The van der Waals surface area contributed by atoms with E-state index in [9.17, 15) is 4.79 Å². The summed E-state index contributed by atoms with van der Waals surface area (Å²) in [6, 6.07) is 26.6. The third-order valence-electron chi connectivity index (χ3n) is 8.12. The van der Waals surface area contributed by atoms with Crippen LogP contribution in [-0.2, 0) is 5.54 Å². The van der Waals surface area contributed by atoms with Gasteiger partial charge in [0.1, 0.15) is 5.75 Å². The third kappa shape index (κ3) is 5.12. The average Bonchev–Trinajstić information content (AvgIpc) is 2.94. The third-order valence-corrected chi connectivity index (χ3v) is 8.12. The summed E-state index contributed by atoms with van der Waals surface area (Å²) in [6.45, 7) is 6.55. The molecule has 1 heterocycles. The van der Waals surface area contributed by atoms with Gasteiger partial charge in [0.25, 0.3) is 5.91 Å². The Kier molecular flexibility index (Phi) is 7.28. The summed E-state index contributed by atoms with van der Waals surface area (Å²) in [5.41, 5.74) is 4.14. The predicted molar refractivity (Wildman–Crippen MR) is 147 cm³/mol. The molecule has 1 aliphatic carbocycles. The summed E-state index contributed by atoms with van der Waals surface area (Å²) in [5.74, 6) is 1.41. The normalized spacial score (nSPS) is 22.7. The summed E-state index contributed by atoms with van der Waals surface area (Å²) < 4.78 is 5.22. The highest BCUT2D eigenvalue weighted by Gasteiger charge is 2.42. The van der Waals surface area contributed by atoms with Crippen LogP contribution >= 0.6 is 0 Å². The maximum absolute atomic E-state index is 12.9. The molecule has 3 aromatic carbocycles. The van der Waals surface area contributed by atoms with Crippen molar-refractivity contribution in [2.45, 2.75) is 38.1 Å². The lowest BCUT2D eigenvalue weighted by molar-refractivity contribution is 0.0299. The number of nitrogens with one attached hydrogen (secondary N) is 1. The van der Waals surface area contributed by atoms with E-state index >= 15 is 0 Å². The van der Waals surface area contributed by atoms with E-state index < -0.39 is 0 Å². The molecule has 0 bridgehead atoms. The molecule has 0 spiro atoms. The number of anilines is 2. The zero-order chi connectivity index (χ0) is 25.0. The fraction of sp³-hybridized carbons (Fsp3) is 0.387. The Bertz CT molecular complexity index is 1150. The lowest BCUT2D eigenvalue weighted by Crippen LogP contribution is -2.56. The number of ether oxygens (including phenoxy) is 1. The Labute approximate surface area is 215 Å². The van der Waals surface area contributed by atoms with Crippen LogP contribution in [0.4, 0.5) is 11.4 Å². The molecule has 0 atom stereocenters. The van der Waals surface area contributed by atoms with Crippen LogP contribution in [0.1, 0.15) is 48.5 Å². The highest BCUT2D eigenvalue weighted by atomic mass is 16.5. The molecule has 0 aromatic heterocycles. The van der Waals surface area contributed by atoms with Crippen molar-refractivity contribution in [3.8, 4) is 5.75 Å². The quantitative estimate of drug-likeness (QED) is 0.455. The van der Waals surface area contributed by atoms with Gasteiger partial charge in [-0.25, -0.2) is 0 Å². The number of carbonyl (C=O) groups excluding carboxylic acids is 1. The topological polar surface area (TPSA) is 44.8 Å². The fourth-order valence-corrected chi connectivity index (χ4v) is 5.89. The molecule has 3 aromatic rings. The number of para-hydroxylation sites is 1. The smallest absolute Gasteiger partial charge is 0.255 e. The first-order chi connectivity index (χ1) is 17.6. The zero-order valence-corrected chi connectivity index (χ0v) is 21.5. The zero-order valence-electron chi connectivity index (χ0n) is 21.5. The number of nitrogens with zero attached hydrogens (tertiary/aromatic N) is 2. The molecule has 5 heteroatoms. The molecule has 188 valence electrons. The van der Waals surface area contributed by atoms with Crippen LogP contribution in [0.2, 0.25) is 0 Å². The molecular weight excluding hydrogens is 446 g/mol. The summed E-state index contributed by atoms with van der Waals surface area (Å²) in [7, 11) is 1.63. The Morgan fingerprint density at radius 3 is 2.25 bits per heavy atom. The van der Waals surface area contributed by atoms with Gasteiger partial charge in [0.2, 0.25) is 0 Å². The highest BCUT2D eigenvalue weighted by molar-refractivity contribution is 6.04. The van der Waals surface area contributed by atoms with Crippen molar-refractivity contribution in [3.05, 3.63) is 90.0 Å². The van der Waals surface area contributed by atoms with Crippen molar-refractivity contribution in [1.82, 2.24) is 4.90 Å². The monoisotopic (exact) mass is 483 g/mol.